The number of nitrogens with one attached hydrogen (secondary N) is 1. The Morgan fingerprint density at radius 3 is 3.00 bits per heavy atom. The highest BCUT2D eigenvalue weighted by Gasteiger charge is 2.18. The molecule has 1 aromatic carbocycles. The molecule has 1 aliphatic rings. The van der Waals surface area contributed by atoms with Crippen LogP contribution in [0.25, 0.3) is 0 Å². The van der Waals surface area contributed by atoms with E-state index in [0.29, 0.717) is 25.4 Å². The number of carbonyl (C=O) groups is 1. The molecule has 98 valence electrons. The molecule has 0 saturated carbocycles. The molecule has 18 heavy (non-hydrogen) atoms. The summed E-state index contributed by atoms with van der Waals surface area (Å²) in [5.41, 5.74) is 0.784. The largest absolute Gasteiger partial charge is 0.492 e. The summed E-state index contributed by atoms with van der Waals surface area (Å²) in [6.07, 6.45) is 0. The van der Waals surface area contributed by atoms with Crippen molar-refractivity contribution >= 4 is 22.0 Å². The molecular formula is C12H15BrN2O3. The molecule has 0 aliphatic carbocycles. The molecule has 1 aliphatic heterocycles. The van der Waals surface area contributed by atoms with Crippen LogP contribution < -0.4 is 10.1 Å². The molecule has 1 saturated heterocycles. The summed E-state index contributed by atoms with van der Waals surface area (Å²) in [6, 6.07) is 5.41. The molecule has 1 aromatic rings. The minimum atomic E-state index is -0.0366. The van der Waals surface area contributed by atoms with Crippen molar-refractivity contribution in [2.45, 2.75) is 6.61 Å². The van der Waals surface area contributed by atoms with Crippen molar-refractivity contribution in [2.75, 3.05) is 26.2 Å². The van der Waals surface area contributed by atoms with Gasteiger partial charge in [-0.1, -0.05) is 15.9 Å². The van der Waals surface area contributed by atoms with Crippen LogP contribution in [-0.2, 0) is 6.61 Å². The number of aliphatic hydroxyl groups excluding tert-OH is 1. The predicted octanol–water partition coefficient (Wildman–Crippen LogP) is 1.35. The van der Waals surface area contributed by atoms with Crippen LogP contribution in [0.15, 0.2) is 22.7 Å². The Bertz CT molecular complexity index is 439. The number of nitrogens with zero attached hydrogens (tertiary/aromatic N) is 1. The van der Waals surface area contributed by atoms with Gasteiger partial charge in [0, 0.05) is 17.6 Å². The van der Waals surface area contributed by atoms with E-state index in [1.54, 1.807) is 11.0 Å². The normalized spacial score (nSPS) is 14.8. The quantitative estimate of drug-likeness (QED) is 0.862. The number of benzene rings is 1. The van der Waals surface area contributed by atoms with Crippen LogP contribution >= 0.6 is 15.9 Å². The Labute approximate surface area is 114 Å². The predicted molar refractivity (Wildman–Crippen MR) is 70.5 cm³/mol. The lowest BCUT2D eigenvalue weighted by Crippen LogP contribution is -2.31. The molecule has 2 rings (SSSR count). The van der Waals surface area contributed by atoms with Crippen LogP contribution in [0.3, 0.4) is 0 Å². The van der Waals surface area contributed by atoms with Gasteiger partial charge in [0.2, 0.25) is 0 Å². The van der Waals surface area contributed by atoms with E-state index in [-0.39, 0.29) is 12.6 Å². The minimum absolute atomic E-state index is 0.0354. The summed E-state index contributed by atoms with van der Waals surface area (Å²) in [7, 11) is 0. The van der Waals surface area contributed by atoms with E-state index in [1.165, 1.54) is 0 Å². The average molecular weight is 315 g/mol. The summed E-state index contributed by atoms with van der Waals surface area (Å²) in [6.45, 7) is 2.40. The second-order valence-corrected chi connectivity index (χ2v) is 4.83. The monoisotopic (exact) mass is 314 g/mol. The Hall–Kier alpha value is -1.27. The minimum Gasteiger partial charge on any atom is -0.492 e. The molecule has 0 unspecified atom stereocenters. The van der Waals surface area contributed by atoms with Crippen LogP contribution in [0.2, 0.25) is 0 Å². The molecule has 1 heterocycles. The number of urea groups is 1. The molecule has 0 spiro atoms. The molecule has 0 aromatic heterocycles. The zero-order valence-electron chi connectivity index (χ0n) is 9.86. The number of carbonyl (C=O) groups excluding carboxylic acids is 1. The van der Waals surface area contributed by atoms with Gasteiger partial charge in [0.15, 0.2) is 0 Å². The van der Waals surface area contributed by atoms with Gasteiger partial charge in [0.1, 0.15) is 12.4 Å². The third-order valence-corrected chi connectivity index (χ3v) is 3.54. The molecule has 0 bridgehead atoms. The van der Waals surface area contributed by atoms with E-state index >= 15 is 0 Å². The molecule has 0 radical (unpaired) electrons. The van der Waals surface area contributed by atoms with Crippen LogP contribution in [-0.4, -0.2) is 42.3 Å². The summed E-state index contributed by atoms with van der Waals surface area (Å²) >= 11 is 3.34. The van der Waals surface area contributed by atoms with E-state index in [9.17, 15) is 4.79 Å². The maximum atomic E-state index is 11.3. The fourth-order valence-electron chi connectivity index (χ4n) is 1.76. The zero-order chi connectivity index (χ0) is 13.0. The van der Waals surface area contributed by atoms with Gasteiger partial charge in [-0.15, -0.1) is 0 Å². The van der Waals surface area contributed by atoms with E-state index in [1.807, 2.05) is 12.1 Å². The fraction of sp³-hybridized carbons (Fsp3) is 0.417. The van der Waals surface area contributed by atoms with E-state index in [2.05, 4.69) is 21.2 Å². The smallest absolute Gasteiger partial charge is 0.317 e. The molecule has 0 atom stereocenters. The van der Waals surface area contributed by atoms with Gasteiger partial charge in [0.05, 0.1) is 13.2 Å². The number of aliphatic hydroxyl groups is 1. The summed E-state index contributed by atoms with van der Waals surface area (Å²) in [5, 5.41) is 11.9. The van der Waals surface area contributed by atoms with Gasteiger partial charge in [-0.05, 0) is 23.8 Å². The Morgan fingerprint density at radius 2 is 2.33 bits per heavy atom. The number of ether oxygens (including phenoxy) is 1. The highest BCUT2D eigenvalue weighted by Crippen LogP contribution is 2.22. The van der Waals surface area contributed by atoms with Gasteiger partial charge < -0.3 is 20.1 Å². The van der Waals surface area contributed by atoms with Gasteiger partial charge in [-0.25, -0.2) is 4.79 Å². The number of hydrogen-bond acceptors (Lipinski definition) is 3. The Morgan fingerprint density at radius 1 is 1.50 bits per heavy atom. The van der Waals surface area contributed by atoms with Gasteiger partial charge in [-0.2, -0.15) is 0 Å². The molecule has 2 N–H and O–H groups in total. The second-order valence-electron chi connectivity index (χ2n) is 3.98. The van der Waals surface area contributed by atoms with Gasteiger partial charge >= 0.3 is 6.03 Å². The first kappa shape index (κ1) is 13.2. The molecule has 1 fully saturated rings. The molecule has 6 heteroatoms. The van der Waals surface area contributed by atoms with E-state index < -0.39 is 0 Å². The Kier molecular flexibility index (Phi) is 4.43. The standard InChI is InChI=1S/C12H15BrN2O3/c13-11-2-1-10(7-9(11)8-16)18-6-5-15-4-3-14-12(15)17/h1-2,7,16H,3-6,8H2,(H,14,17). The third-order valence-electron chi connectivity index (χ3n) is 2.76. The van der Waals surface area contributed by atoms with Crippen molar-refractivity contribution in [1.82, 2.24) is 10.2 Å². The molecular weight excluding hydrogens is 300 g/mol. The van der Waals surface area contributed by atoms with Gasteiger partial charge in [-0.3, -0.25) is 0 Å². The van der Waals surface area contributed by atoms with Crippen molar-refractivity contribution in [2.24, 2.45) is 0 Å². The van der Waals surface area contributed by atoms with E-state index in [4.69, 9.17) is 9.84 Å². The lowest BCUT2D eigenvalue weighted by atomic mass is 10.2. The number of hydrogen-bond donors (Lipinski definition) is 2. The molecule has 5 nitrogen and oxygen atoms in total. The van der Waals surface area contributed by atoms with Crippen molar-refractivity contribution < 1.29 is 14.6 Å². The average Bonchev–Trinajstić information content (AvgIpc) is 2.77. The fourth-order valence-corrected chi connectivity index (χ4v) is 2.13. The van der Waals surface area contributed by atoms with Crippen LogP contribution in [0.1, 0.15) is 5.56 Å². The zero-order valence-corrected chi connectivity index (χ0v) is 11.4. The number of amides is 2. The van der Waals surface area contributed by atoms with Crippen LogP contribution in [0, 0.1) is 0 Å². The van der Waals surface area contributed by atoms with E-state index in [0.717, 1.165) is 16.6 Å². The summed E-state index contributed by atoms with van der Waals surface area (Å²) in [4.78, 5) is 13.0. The van der Waals surface area contributed by atoms with Crippen LogP contribution in [0.5, 0.6) is 5.75 Å². The molecule has 2 amide bonds. The Balaban J connectivity index is 1.84. The SMILES string of the molecule is O=C1NCCN1CCOc1ccc(Br)c(CO)c1. The first-order chi connectivity index (χ1) is 8.70. The van der Waals surface area contributed by atoms with Crippen molar-refractivity contribution in [3.8, 4) is 5.75 Å². The first-order valence-electron chi connectivity index (χ1n) is 5.75. The summed E-state index contributed by atoms with van der Waals surface area (Å²) < 4.78 is 6.42. The lowest BCUT2D eigenvalue weighted by molar-refractivity contribution is 0.202. The van der Waals surface area contributed by atoms with Crippen molar-refractivity contribution in [3.63, 3.8) is 0 Å². The van der Waals surface area contributed by atoms with Crippen molar-refractivity contribution in [3.05, 3.63) is 28.2 Å². The third kappa shape index (κ3) is 3.14. The van der Waals surface area contributed by atoms with Gasteiger partial charge in [0.25, 0.3) is 0 Å². The maximum absolute atomic E-state index is 11.3. The number of rotatable bonds is 5. The summed E-state index contributed by atoms with van der Waals surface area (Å²) in [5.74, 6) is 0.696. The topological polar surface area (TPSA) is 61.8 Å². The highest BCUT2D eigenvalue weighted by molar-refractivity contribution is 9.10. The first-order valence-corrected chi connectivity index (χ1v) is 6.55. The highest BCUT2D eigenvalue weighted by atomic mass is 79.9. The maximum Gasteiger partial charge on any atom is 0.317 e. The van der Waals surface area contributed by atoms with Crippen LogP contribution in [0.4, 0.5) is 4.79 Å². The van der Waals surface area contributed by atoms with Crippen molar-refractivity contribution in [1.29, 1.82) is 0 Å². The lowest BCUT2D eigenvalue weighted by Gasteiger charge is -2.15. The number of halogens is 1. The second kappa shape index (κ2) is 6.06.